The summed E-state index contributed by atoms with van der Waals surface area (Å²) >= 11 is 1.57. The largest absolute Gasteiger partial charge is 0.493 e. The van der Waals surface area contributed by atoms with E-state index in [2.05, 4.69) is 20.9 Å². The van der Waals surface area contributed by atoms with Crippen LogP contribution in [-0.4, -0.2) is 59.9 Å². The molecule has 1 aliphatic carbocycles. The monoisotopic (exact) mass is 520 g/mol. The van der Waals surface area contributed by atoms with Crippen molar-refractivity contribution in [2.75, 3.05) is 37.9 Å². The third kappa shape index (κ3) is 4.27. The highest BCUT2D eigenvalue weighted by molar-refractivity contribution is 7.16. The van der Waals surface area contributed by atoms with Crippen molar-refractivity contribution in [2.24, 2.45) is 16.9 Å². The summed E-state index contributed by atoms with van der Waals surface area (Å²) in [4.78, 5) is 25.8. The maximum absolute atomic E-state index is 13.7. The van der Waals surface area contributed by atoms with Crippen LogP contribution < -0.4 is 20.1 Å². The van der Waals surface area contributed by atoms with Gasteiger partial charge < -0.3 is 20.1 Å². The van der Waals surface area contributed by atoms with Crippen molar-refractivity contribution < 1.29 is 14.3 Å². The molecule has 4 heterocycles. The molecule has 6 rings (SSSR count). The van der Waals surface area contributed by atoms with Crippen LogP contribution in [0.1, 0.15) is 44.1 Å². The smallest absolute Gasteiger partial charge is 0.246 e. The zero-order valence-corrected chi connectivity index (χ0v) is 22.0. The predicted molar refractivity (Wildman–Crippen MR) is 145 cm³/mol. The van der Waals surface area contributed by atoms with Gasteiger partial charge in [-0.1, -0.05) is 12.8 Å². The number of ether oxygens (including phenoxy) is 2. The molecule has 2 aromatic heterocycles. The van der Waals surface area contributed by atoms with Crippen LogP contribution in [0.2, 0.25) is 0 Å². The summed E-state index contributed by atoms with van der Waals surface area (Å²) < 4.78 is 11.0. The molecule has 3 aromatic rings. The van der Waals surface area contributed by atoms with Gasteiger partial charge in [0.2, 0.25) is 11.9 Å². The number of rotatable bonds is 5. The first-order valence-corrected chi connectivity index (χ1v) is 13.8. The fraction of sp³-hybridized carbons (Fsp3) is 0.481. The first kappa shape index (κ1) is 24.0. The molecule has 0 spiro atoms. The van der Waals surface area contributed by atoms with Gasteiger partial charge in [-0.15, -0.1) is 11.3 Å². The average Bonchev–Trinajstić information content (AvgIpc) is 3.41. The number of nitrogens with zero attached hydrogens (tertiary/aromatic N) is 5. The number of piperidine rings is 1. The highest BCUT2D eigenvalue weighted by Crippen LogP contribution is 2.40. The first-order chi connectivity index (χ1) is 18.1. The Morgan fingerprint density at radius 2 is 1.73 bits per heavy atom. The Morgan fingerprint density at radius 1 is 0.973 bits per heavy atom. The van der Waals surface area contributed by atoms with E-state index in [0.717, 1.165) is 78.9 Å². The molecule has 10 heteroatoms. The zero-order chi connectivity index (χ0) is 25.5. The standard InChI is InChI=1S/C27H32N6O3S/c1-35-21-8-7-16(15-22(21)36-2)23-18-5-3-4-6-19(18)26(34)33(31-23)17-9-12-32(13-10-17)24-20-11-14-37-25(20)30-27(28)29-24/h7-8,11,14-15,17-19H,3-6,9-10,12-13H2,1-2H3,(H2,28,29,30)/t18-,19+/m0/s1. The van der Waals surface area contributed by atoms with Crippen LogP contribution in [0.5, 0.6) is 11.5 Å². The lowest BCUT2D eigenvalue weighted by Gasteiger charge is -2.43. The van der Waals surface area contributed by atoms with E-state index in [1.807, 2.05) is 28.6 Å². The third-order valence-corrected chi connectivity index (χ3v) is 8.79. The lowest BCUT2D eigenvalue weighted by molar-refractivity contribution is -0.141. The number of carbonyl (C=O) groups excluding carboxylic acids is 1. The first-order valence-electron chi connectivity index (χ1n) is 13.0. The molecule has 0 unspecified atom stereocenters. The number of nitrogens with two attached hydrogens (primary N) is 1. The van der Waals surface area contributed by atoms with Crippen molar-refractivity contribution in [1.82, 2.24) is 15.0 Å². The number of benzene rings is 1. The molecule has 1 amide bonds. The number of hydrogen-bond donors (Lipinski definition) is 1. The minimum absolute atomic E-state index is 0.0144. The van der Waals surface area contributed by atoms with Gasteiger partial charge >= 0.3 is 0 Å². The van der Waals surface area contributed by atoms with Gasteiger partial charge in [0.1, 0.15) is 10.6 Å². The van der Waals surface area contributed by atoms with Gasteiger partial charge in [0.05, 0.1) is 31.4 Å². The minimum Gasteiger partial charge on any atom is -0.493 e. The normalized spacial score (nSPS) is 22.6. The molecule has 2 N–H and O–H groups in total. The van der Waals surface area contributed by atoms with E-state index in [-0.39, 0.29) is 23.8 Å². The van der Waals surface area contributed by atoms with Gasteiger partial charge in [0.25, 0.3) is 0 Å². The molecule has 1 saturated carbocycles. The lowest BCUT2D eigenvalue weighted by atomic mass is 9.73. The number of amides is 1. The highest BCUT2D eigenvalue weighted by atomic mass is 32.1. The summed E-state index contributed by atoms with van der Waals surface area (Å²) in [5.41, 5.74) is 7.99. The van der Waals surface area contributed by atoms with Gasteiger partial charge in [0, 0.05) is 30.5 Å². The molecular formula is C27H32N6O3S. The molecular weight excluding hydrogens is 488 g/mol. The Morgan fingerprint density at radius 3 is 2.49 bits per heavy atom. The van der Waals surface area contributed by atoms with Gasteiger partial charge in [-0.3, -0.25) is 4.79 Å². The van der Waals surface area contributed by atoms with E-state index < -0.39 is 0 Å². The van der Waals surface area contributed by atoms with Crippen LogP contribution >= 0.6 is 11.3 Å². The van der Waals surface area contributed by atoms with Crippen molar-refractivity contribution in [3.63, 3.8) is 0 Å². The lowest BCUT2D eigenvalue weighted by Crippen LogP contribution is -2.52. The van der Waals surface area contributed by atoms with Crippen LogP contribution in [0.25, 0.3) is 10.2 Å². The number of aromatic nitrogens is 2. The maximum Gasteiger partial charge on any atom is 0.246 e. The second kappa shape index (κ2) is 9.81. The molecule has 37 heavy (non-hydrogen) atoms. The van der Waals surface area contributed by atoms with E-state index in [9.17, 15) is 4.79 Å². The molecule has 0 bridgehead atoms. The second-order valence-electron chi connectivity index (χ2n) is 10.00. The number of hydrogen-bond acceptors (Lipinski definition) is 9. The van der Waals surface area contributed by atoms with E-state index in [0.29, 0.717) is 17.4 Å². The molecule has 3 aliphatic rings. The summed E-state index contributed by atoms with van der Waals surface area (Å²) in [6, 6.07) is 8.06. The zero-order valence-electron chi connectivity index (χ0n) is 21.2. The Kier molecular flexibility index (Phi) is 6.36. The Hall–Kier alpha value is -3.40. The molecule has 9 nitrogen and oxygen atoms in total. The summed E-state index contributed by atoms with van der Waals surface area (Å²) in [5.74, 6) is 2.86. The number of hydrazone groups is 1. The molecule has 2 aliphatic heterocycles. The fourth-order valence-electron chi connectivity index (χ4n) is 6.11. The number of thiophene rings is 1. The summed E-state index contributed by atoms with van der Waals surface area (Å²) in [5, 5.41) is 9.93. The van der Waals surface area contributed by atoms with Crippen LogP contribution in [-0.2, 0) is 4.79 Å². The fourth-order valence-corrected chi connectivity index (χ4v) is 6.88. The topological polar surface area (TPSA) is 106 Å². The van der Waals surface area contributed by atoms with Crippen molar-refractivity contribution >= 4 is 44.9 Å². The number of nitrogen functional groups attached to an aromatic ring is 1. The van der Waals surface area contributed by atoms with Crippen LogP contribution in [0, 0.1) is 11.8 Å². The van der Waals surface area contributed by atoms with Crippen LogP contribution in [0.3, 0.4) is 0 Å². The Bertz CT molecular complexity index is 1350. The van der Waals surface area contributed by atoms with Crippen LogP contribution in [0.4, 0.5) is 11.8 Å². The summed E-state index contributed by atoms with van der Waals surface area (Å²) in [6.07, 6.45) is 5.76. The molecule has 1 saturated heterocycles. The van der Waals surface area contributed by atoms with Crippen LogP contribution in [0.15, 0.2) is 34.7 Å². The number of anilines is 2. The van der Waals surface area contributed by atoms with Gasteiger partial charge in [-0.05, 0) is 55.3 Å². The number of fused-ring (bicyclic) bond motifs is 2. The molecule has 0 radical (unpaired) electrons. The van der Waals surface area contributed by atoms with E-state index in [1.165, 1.54) is 0 Å². The van der Waals surface area contributed by atoms with E-state index in [4.69, 9.17) is 20.3 Å². The Labute approximate surface area is 220 Å². The average molecular weight is 521 g/mol. The quantitative estimate of drug-likeness (QED) is 0.534. The van der Waals surface area contributed by atoms with Gasteiger partial charge in [-0.25, -0.2) is 9.99 Å². The summed E-state index contributed by atoms with van der Waals surface area (Å²) in [7, 11) is 3.28. The number of carbonyl (C=O) groups is 1. The number of methoxy groups -OCH3 is 2. The van der Waals surface area contributed by atoms with Crippen molar-refractivity contribution in [3.8, 4) is 11.5 Å². The molecule has 1 aromatic carbocycles. The summed E-state index contributed by atoms with van der Waals surface area (Å²) in [6.45, 7) is 1.57. The van der Waals surface area contributed by atoms with Gasteiger partial charge in [0.15, 0.2) is 11.5 Å². The third-order valence-electron chi connectivity index (χ3n) is 7.99. The van der Waals surface area contributed by atoms with Crippen molar-refractivity contribution in [3.05, 3.63) is 35.2 Å². The molecule has 2 atom stereocenters. The van der Waals surface area contributed by atoms with E-state index >= 15 is 0 Å². The highest BCUT2D eigenvalue weighted by Gasteiger charge is 2.44. The minimum atomic E-state index is -0.0144. The predicted octanol–water partition coefficient (Wildman–Crippen LogP) is 4.31. The Balaban J connectivity index is 1.29. The van der Waals surface area contributed by atoms with Gasteiger partial charge in [-0.2, -0.15) is 10.1 Å². The molecule has 194 valence electrons. The SMILES string of the molecule is COc1ccc(C2=NN(C3CCN(c4nc(N)nc5sccc45)CC3)C(=O)[C@@H]3CCCC[C@H]23)cc1OC. The van der Waals surface area contributed by atoms with E-state index in [1.54, 1.807) is 25.6 Å². The molecule has 2 fully saturated rings. The second-order valence-corrected chi connectivity index (χ2v) is 10.9. The maximum atomic E-state index is 13.7. The van der Waals surface area contributed by atoms with Crippen molar-refractivity contribution in [2.45, 2.75) is 44.6 Å². The van der Waals surface area contributed by atoms with Crippen molar-refractivity contribution in [1.29, 1.82) is 0 Å².